The van der Waals surface area contributed by atoms with Gasteiger partial charge >= 0.3 is 5.97 Å². The number of carboxylic acid groups (broad SMARTS) is 1. The largest absolute Gasteiger partial charge is 0.481 e. The van der Waals surface area contributed by atoms with E-state index in [9.17, 15) is 4.79 Å². The Bertz CT molecular complexity index is 528. The Balaban J connectivity index is 2.28. The van der Waals surface area contributed by atoms with Gasteiger partial charge in [-0.25, -0.2) is 0 Å². The van der Waals surface area contributed by atoms with Crippen LogP contribution >= 0.6 is 0 Å². The third kappa shape index (κ3) is 2.08. The molecule has 1 atom stereocenters. The van der Waals surface area contributed by atoms with Crippen LogP contribution in [0.5, 0.6) is 0 Å². The quantitative estimate of drug-likeness (QED) is 0.830. The predicted octanol–water partition coefficient (Wildman–Crippen LogP) is 2.74. The first-order valence-electron chi connectivity index (χ1n) is 5.37. The van der Waals surface area contributed by atoms with E-state index in [4.69, 9.17) is 5.11 Å². The molecule has 1 aromatic carbocycles. The number of nitrogens with one attached hydrogen (secondary N) is 1. The summed E-state index contributed by atoms with van der Waals surface area (Å²) in [4.78, 5) is 14.0. The number of fused-ring (bicyclic) bond motifs is 1. The lowest BCUT2D eigenvalue weighted by atomic mass is 10.0. The fourth-order valence-electron chi connectivity index (χ4n) is 1.89. The zero-order chi connectivity index (χ0) is 11.7. The van der Waals surface area contributed by atoms with Gasteiger partial charge in [-0.2, -0.15) is 0 Å². The van der Waals surface area contributed by atoms with Crippen LogP contribution in [0.4, 0.5) is 0 Å². The average molecular weight is 217 g/mol. The van der Waals surface area contributed by atoms with E-state index in [-0.39, 0.29) is 5.92 Å². The minimum atomic E-state index is -0.747. The smallest absolute Gasteiger partial charge is 0.306 e. The molecule has 2 aromatic rings. The van der Waals surface area contributed by atoms with E-state index >= 15 is 0 Å². The number of H-pyrrole nitrogens is 1. The molecule has 2 N–H and O–H groups in total. The molecule has 16 heavy (non-hydrogen) atoms. The van der Waals surface area contributed by atoms with Crippen LogP contribution in [0.25, 0.3) is 10.9 Å². The van der Waals surface area contributed by atoms with E-state index in [0.29, 0.717) is 6.42 Å². The van der Waals surface area contributed by atoms with Crippen LogP contribution in [0.3, 0.4) is 0 Å². The molecule has 0 spiro atoms. The molecule has 0 saturated carbocycles. The first-order chi connectivity index (χ1) is 7.56. The number of hydrogen-bond acceptors (Lipinski definition) is 1. The van der Waals surface area contributed by atoms with E-state index in [2.05, 4.69) is 11.1 Å². The van der Waals surface area contributed by atoms with Crippen LogP contribution in [0, 0.1) is 12.8 Å². The highest BCUT2D eigenvalue weighted by atomic mass is 16.4. The minimum Gasteiger partial charge on any atom is -0.481 e. The number of carbonyl (C=O) groups is 1. The normalized spacial score (nSPS) is 12.9. The summed E-state index contributed by atoms with van der Waals surface area (Å²) in [6.45, 7) is 3.74. The van der Waals surface area contributed by atoms with Gasteiger partial charge in [0.1, 0.15) is 0 Å². The molecule has 0 aliphatic heterocycles. The fourth-order valence-corrected chi connectivity index (χ4v) is 1.89. The van der Waals surface area contributed by atoms with Crippen molar-refractivity contribution in [1.82, 2.24) is 4.98 Å². The Morgan fingerprint density at radius 2 is 2.19 bits per heavy atom. The van der Waals surface area contributed by atoms with Crippen molar-refractivity contribution in [2.24, 2.45) is 5.92 Å². The lowest BCUT2D eigenvalue weighted by Crippen LogP contribution is -2.12. The molecule has 3 heteroatoms. The fraction of sp³-hybridized carbons (Fsp3) is 0.308. The van der Waals surface area contributed by atoms with Crippen LogP contribution in [0.15, 0.2) is 24.3 Å². The van der Waals surface area contributed by atoms with Crippen LogP contribution in [0.2, 0.25) is 0 Å². The standard InChI is InChI=1S/C13H15NO2/c1-8(13(15)16)5-10-3-4-11-6-9(2)14-12(11)7-10/h3-4,6-8,14H,5H2,1-2H3,(H,15,16). The summed E-state index contributed by atoms with van der Waals surface area (Å²) in [5.41, 5.74) is 3.26. The van der Waals surface area contributed by atoms with E-state index in [0.717, 1.165) is 16.8 Å². The van der Waals surface area contributed by atoms with Crippen molar-refractivity contribution in [3.8, 4) is 0 Å². The van der Waals surface area contributed by atoms with Gasteiger partial charge < -0.3 is 10.1 Å². The van der Waals surface area contributed by atoms with Crippen molar-refractivity contribution in [2.45, 2.75) is 20.3 Å². The summed E-state index contributed by atoms with van der Waals surface area (Å²) in [5, 5.41) is 10.0. The predicted molar refractivity (Wildman–Crippen MR) is 63.5 cm³/mol. The highest BCUT2D eigenvalue weighted by molar-refractivity contribution is 5.81. The molecule has 1 unspecified atom stereocenters. The summed E-state index contributed by atoms with van der Waals surface area (Å²) in [5.74, 6) is -1.09. The van der Waals surface area contributed by atoms with E-state index < -0.39 is 5.97 Å². The molecular weight excluding hydrogens is 202 g/mol. The minimum absolute atomic E-state index is 0.339. The molecule has 0 radical (unpaired) electrons. The molecule has 84 valence electrons. The average Bonchev–Trinajstić information content (AvgIpc) is 2.57. The summed E-state index contributed by atoms with van der Waals surface area (Å²) in [6.07, 6.45) is 0.573. The van der Waals surface area contributed by atoms with Gasteiger partial charge in [0.2, 0.25) is 0 Å². The number of aromatic nitrogens is 1. The van der Waals surface area contributed by atoms with Crippen molar-refractivity contribution >= 4 is 16.9 Å². The van der Waals surface area contributed by atoms with Crippen molar-refractivity contribution < 1.29 is 9.90 Å². The number of carboxylic acids is 1. The summed E-state index contributed by atoms with van der Waals surface area (Å²) < 4.78 is 0. The molecule has 0 saturated heterocycles. The molecule has 0 aliphatic rings. The van der Waals surface area contributed by atoms with Gasteiger partial charge in [0.15, 0.2) is 0 Å². The topological polar surface area (TPSA) is 53.1 Å². The Kier molecular flexibility index (Phi) is 2.69. The summed E-state index contributed by atoms with van der Waals surface area (Å²) in [7, 11) is 0. The van der Waals surface area contributed by atoms with Crippen LogP contribution < -0.4 is 0 Å². The van der Waals surface area contributed by atoms with Gasteiger partial charge in [-0.15, -0.1) is 0 Å². The maximum Gasteiger partial charge on any atom is 0.306 e. The molecule has 3 nitrogen and oxygen atoms in total. The van der Waals surface area contributed by atoms with Crippen LogP contribution in [-0.2, 0) is 11.2 Å². The molecule has 0 amide bonds. The van der Waals surface area contributed by atoms with Crippen LogP contribution in [-0.4, -0.2) is 16.1 Å². The Morgan fingerprint density at radius 3 is 2.88 bits per heavy atom. The Morgan fingerprint density at radius 1 is 1.44 bits per heavy atom. The van der Waals surface area contributed by atoms with E-state index in [1.165, 1.54) is 5.39 Å². The maximum absolute atomic E-state index is 10.8. The summed E-state index contributed by atoms with van der Waals surface area (Å²) >= 11 is 0. The third-order valence-corrected chi connectivity index (χ3v) is 2.79. The van der Waals surface area contributed by atoms with Crippen molar-refractivity contribution in [1.29, 1.82) is 0 Å². The monoisotopic (exact) mass is 217 g/mol. The van der Waals surface area contributed by atoms with Crippen molar-refractivity contribution in [3.63, 3.8) is 0 Å². The SMILES string of the molecule is Cc1cc2ccc(CC(C)C(=O)O)cc2[nH]1. The first-order valence-corrected chi connectivity index (χ1v) is 5.37. The van der Waals surface area contributed by atoms with Gasteiger partial charge in [-0.1, -0.05) is 19.1 Å². The molecule has 0 bridgehead atoms. The second kappa shape index (κ2) is 4.00. The molecule has 2 rings (SSSR count). The van der Waals surface area contributed by atoms with Gasteiger partial charge in [-0.05, 0) is 36.4 Å². The molecule has 1 aromatic heterocycles. The zero-order valence-electron chi connectivity index (χ0n) is 9.45. The Hall–Kier alpha value is -1.77. The highest BCUT2D eigenvalue weighted by Gasteiger charge is 2.11. The lowest BCUT2D eigenvalue weighted by Gasteiger charge is -2.05. The number of aryl methyl sites for hydroxylation is 1. The number of hydrogen-bond donors (Lipinski definition) is 2. The van der Waals surface area contributed by atoms with E-state index in [1.54, 1.807) is 6.92 Å². The first kappa shape index (κ1) is 10.7. The third-order valence-electron chi connectivity index (χ3n) is 2.79. The van der Waals surface area contributed by atoms with Gasteiger partial charge in [-0.3, -0.25) is 4.79 Å². The van der Waals surface area contributed by atoms with Gasteiger partial charge in [0, 0.05) is 11.2 Å². The number of benzene rings is 1. The molecule has 1 heterocycles. The summed E-state index contributed by atoms with van der Waals surface area (Å²) in [6, 6.07) is 8.14. The van der Waals surface area contributed by atoms with Gasteiger partial charge in [0.05, 0.1) is 5.92 Å². The van der Waals surface area contributed by atoms with Gasteiger partial charge in [0.25, 0.3) is 0 Å². The lowest BCUT2D eigenvalue weighted by molar-refractivity contribution is -0.141. The Labute approximate surface area is 94.1 Å². The molecule has 0 fully saturated rings. The molecule has 0 aliphatic carbocycles. The zero-order valence-corrected chi connectivity index (χ0v) is 9.45. The van der Waals surface area contributed by atoms with Crippen LogP contribution in [0.1, 0.15) is 18.2 Å². The number of aromatic amines is 1. The highest BCUT2D eigenvalue weighted by Crippen LogP contribution is 2.18. The number of rotatable bonds is 3. The molecular formula is C13H15NO2. The number of aliphatic carboxylic acids is 1. The van der Waals surface area contributed by atoms with Crippen molar-refractivity contribution in [2.75, 3.05) is 0 Å². The van der Waals surface area contributed by atoms with E-state index in [1.807, 2.05) is 25.1 Å². The second-order valence-corrected chi connectivity index (χ2v) is 4.32. The second-order valence-electron chi connectivity index (χ2n) is 4.32. The van der Waals surface area contributed by atoms with Crippen molar-refractivity contribution in [3.05, 3.63) is 35.5 Å². The maximum atomic E-state index is 10.8.